The molecule has 0 atom stereocenters. The molecule has 0 radical (unpaired) electrons. The summed E-state index contributed by atoms with van der Waals surface area (Å²) in [6, 6.07) is 5.75. The maximum Gasteiger partial charge on any atom is 0.253 e. The number of carbonyl (C=O) groups is 1. The van der Waals surface area contributed by atoms with Crippen molar-refractivity contribution in [1.29, 1.82) is 0 Å². The van der Waals surface area contributed by atoms with Gasteiger partial charge in [-0.25, -0.2) is 0 Å². The Morgan fingerprint density at radius 3 is 2.94 bits per heavy atom. The molecule has 1 aromatic heterocycles. The maximum atomic E-state index is 12.1. The van der Waals surface area contributed by atoms with E-state index in [1.54, 1.807) is 19.4 Å². The van der Waals surface area contributed by atoms with E-state index in [9.17, 15) is 4.79 Å². The van der Waals surface area contributed by atoms with Crippen molar-refractivity contribution in [1.82, 2.24) is 15.5 Å². The van der Waals surface area contributed by atoms with Crippen molar-refractivity contribution >= 4 is 11.6 Å². The van der Waals surface area contributed by atoms with Gasteiger partial charge in [-0.05, 0) is 19.1 Å². The highest BCUT2D eigenvalue weighted by molar-refractivity contribution is 5.99. The molecule has 3 N–H and O–H groups in total. The molecule has 0 fully saturated rings. The number of rotatable bonds is 4. The molecule has 0 spiro atoms. The number of aryl methyl sites for hydroxylation is 1. The molecule has 0 unspecified atom stereocenters. The molecule has 94 valence electrons. The number of anilines is 1. The van der Waals surface area contributed by atoms with Gasteiger partial charge < -0.3 is 10.6 Å². The first kappa shape index (κ1) is 12.2. The number of hydrogen-bond donors (Lipinski definition) is 3. The lowest BCUT2D eigenvalue weighted by atomic mass is 10.1. The van der Waals surface area contributed by atoms with Crippen LogP contribution in [0.3, 0.4) is 0 Å². The molecule has 0 aliphatic rings. The van der Waals surface area contributed by atoms with Crippen molar-refractivity contribution in [3.63, 3.8) is 0 Å². The van der Waals surface area contributed by atoms with Gasteiger partial charge >= 0.3 is 0 Å². The quantitative estimate of drug-likeness (QED) is 0.766. The van der Waals surface area contributed by atoms with E-state index in [0.717, 1.165) is 16.8 Å². The molecule has 0 bridgehead atoms. The van der Waals surface area contributed by atoms with Crippen molar-refractivity contribution in [2.45, 2.75) is 13.5 Å². The second kappa shape index (κ2) is 5.35. The lowest BCUT2D eigenvalue weighted by Gasteiger charge is -2.10. The fourth-order valence-electron chi connectivity index (χ4n) is 1.72. The summed E-state index contributed by atoms with van der Waals surface area (Å²) in [6.07, 6.45) is 3.45. The van der Waals surface area contributed by atoms with Crippen LogP contribution >= 0.6 is 0 Å². The number of aromatic amines is 1. The normalized spacial score (nSPS) is 10.1. The highest BCUT2D eigenvalue weighted by atomic mass is 16.1. The molecule has 0 aliphatic carbocycles. The van der Waals surface area contributed by atoms with Gasteiger partial charge in [-0.3, -0.25) is 9.89 Å². The molecule has 0 saturated heterocycles. The molecule has 1 amide bonds. The molecule has 0 saturated carbocycles. The molecule has 18 heavy (non-hydrogen) atoms. The van der Waals surface area contributed by atoms with Gasteiger partial charge in [0.25, 0.3) is 5.91 Å². The second-order valence-electron chi connectivity index (χ2n) is 4.09. The highest BCUT2D eigenvalue weighted by Crippen LogP contribution is 2.16. The zero-order valence-corrected chi connectivity index (χ0v) is 10.4. The van der Waals surface area contributed by atoms with Gasteiger partial charge in [-0.1, -0.05) is 11.6 Å². The average molecular weight is 244 g/mol. The van der Waals surface area contributed by atoms with E-state index in [1.165, 1.54) is 0 Å². The molecule has 2 aromatic rings. The van der Waals surface area contributed by atoms with E-state index >= 15 is 0 Å². The summed E-state index contributed by atoms with van der Waals surface area (Å²) < 4.78 is 0. The van der Waals surface area contributed by atoms with Gasteiger partial charge in [-0.15, -0.1) is 0 Å². The predicted octanol–water partition coefficient (Wildman–Crippen LogP) is 1.69. The first-order valence-electron chi connectivity index (χ1n) is 5.75. The standard InChI is InChI=1S/C13H16N4O/c1-9-3-4-12(14-2)11(5-9)13(18)15-6-10-7-16-17-8-10/h3-5,7-8,14H,6H2,1-2H3,(H,15,18)(H,16,17). The summed E-state index contributed by atoms with van der Waals surface area (Å²) in [4.78, 5) is 12.1. The third-order valence-corrected chi connectivity index (χ3v) is 2.70. The van der Waals surface area contributed by atoms with Crippen LogP contribution in [0.25, 0.3) is 0 Å². The van der Waals surface area contributed by atoms with Crippen LogP contribution in [0.2, 0.25) is 0 Å². The number of amides is 1. The van der Waals surface area contributed by atoms with Gasteiger partial charge in [0.05, 0.1) is 11.8 Å². The summed E-state index contributed by atoms with van der Waals surface area (Å²) in [5.74, 6) is -0.0933. The van der Waals surface area contributed by atoms with Crippen LogP contribution < -0.4 is 10.6 Å². The third-order valence-electron chi connectivity index (χ3n) is 2.70. The molecular weight excluding hydrogens is 228 g/mol. The minimum absolute atomic E-state index is 0.0933. The van der Waals surface area contributed by atoms with Crippen LogP contribution in [0.15, 0.2) is 30.6 Å². The number of nitrogens with one attached hydrogen (secondary N) is 3. The number of benzene rings is 1. The van der Waals surface area contributed by atoms with Crippen LogP contribution in [0, 0.1) is 6.92 Å². The molecule has 0 aliphatic heterocycles. The first-order valence-corrected chi connectivity index (χ1v) is 5.75. The van der Waals surface area contributed by atoms with Crippen molar-refractivity contribution in [3.05, 3.63) is 47.3 Å². The van der Waals surface area contributed by atoms with Crippen LogP contribution in [0.4, 0.5) is 5.69 Å². The topological polar surface area (TPSA) is 69.8 Å². The number of H-pyrrole nitrogens is 1. The number of carbonyl (C=O) groups excluding carboxylic acids is 1. The minimum Gasteiger partial charge on any atom is -0.387 e. The van der Waals surface area contributed by atoms with E-state index < -0.39 is 0 Å². The zero-order valence-electron chi connectivity index (χ0n) is 10.4. The third kappa shape index (κ3) is 2.68. The Morgan fingerprint density at radius 1 is 1.44 bits per heavy atom. The van der Waals surface area contributed by atoms with Gasteiger partial charge in [0.15, 0.2) is 0 Å². The predicted molar refractivity (Wildman–Crippen MR) is 70.5 cm³/mol. The Hall–Kier alpha value is -2.30. The molecular formula is C13H16N4O. The number of hydrogen-bond acceptors (Lipinski definition) is 3. The molecule has 5 heteroatoms. The Bertz CT molecular complexity index is 534. The molecule has 1 heterocycles. The molecule has 5 nitrogen and oxygen atoms in total. The molecule has 2 rings (SSSR count). The smallest absolute Gasteiger partial charge is 0.253 e. The monoisotopic (exact) mass is 244 g/mol. The van der Waals surface area contributed by atoms with Crippen molar-refractivity contribution < 1.29 is 4.79 Å². The average Bonchev–Trinajstić information content (AvgIpc) is 2.89. The Morgan fingerprint density at radius 2 is 2.28 bits per heavy atom. The zero-order chi connectivity index (χ0) is 13.0. The fraction of sp³-hybridized carbons (Fsp3) is 0.231. The number of aromatic nitrogens is 2. The van der Waals surface area contributed by atoms with Crippen LogP contribution in [-0.4, -0.2) is 23.2 Å². The van der Waals surface area contributed by atoms with E-state index in [-0.39, 0.29) is 5.91 Å². The maximum absolute atomic E-state index is 12.1. The van der Waals surface area contributed by atoms with E-state index in [0.29, 0.717) is 12.1 Å². The second-order valence-corrected chi connectivity index (χ2v) is 4.09. The SMILES string of the molecule is CNc1ccc(C)cc1C(=O)NCc1cn[nH]c1. The van der Waals surface area contributed by atoms with Gasteiger partial charge in [-0.2, -0.15) is 5.10 Å². The summed E-state index contributed by atoms with van der Waals surface area (Å²) in [5, 5.41) is 12.4. The fourth-order valence-corrected chi connectivity index (χ4v) is 1.72. The lowest BCUT2D eigenvalue weighted by molar-refractivity contribution is 0.0951. The Balaban J connectivity index is 2.10. The van der Waals surface area contributed by atoms with Gasteiger partial charge in [0, 0.05) is 31.0 Å². The van der Waals surface area contributed by atoms with Crippen LogP contribution in [0.1, 0.15) is 21.5 Å². The number of nitrogens with zero attached hydrogens (tertiary/aromatic N) is 1. The van der Waals surface area contributed by atoms with Gasteiger partial charge in [0.1, 0.15) is 0 Å². The van der Waals surface area contributed by atoms with Crippen molar-refractivity contribution in [2.75, 3.05) is 12.4 Å². The van der Waals surface area contributed by atoms with Crippen molar-refractivity contribution in [3.8, 4) is 0 Å². The van der Waals surface area contributed by atoms with Crippen LogP contribution in [-0.2, 0) is 6.54 Å². The van der Waals surface area contributed by atoms with Crippen molar-refractivity contribution in [2.24, 2.45) is 0 Å². The molecule has 1 aromatic carbocycles. The summed E-state index contributed by atoms with van der Waals surface area (Å²) in [5.41, 5.74) is 3.48. The van der Waals surface area contributed by atoms with Gasteiger partial charge in [0.2, 0.25) is 0 Å². The minimum atomic E-state index is -0.0933. The Kier molecular flexibility index (Phi) is 3.62. The summed E-state index contributed by atoms with van der Waals surface area (Å²) >= 11 is 0. The summed E-state index contributed by atoms with van der Waals surface area (Å²) in [6.45, 7) is 2.43. The first-order chi connectivity index (χ1) is 8.70. The highest BCUT2D eigenvalue weighted by Gasteiger charge is 2.10. The lowest BCUT2D eigenvalue weighted by Crippen LogP contribution is -2.23. The largest absolute Gasteiger partial charge is 0.387 e. The van der Waals surface area contributed by atoms with E-state index in [1.807, 2.05) is 25.1 Å². The summed E-state index contributed by atoms with van der Waals surface area (Å²) in [7, 11) is 1.80. The van der Waals surface area contributed by atoms with Crippen LogP contribution in [0.5, 0.6) is 0 Å². The Labute approximate surface area is 106 Å². The van der Waals surface area contributed by atoms with E-state index in [2.05, 4.69) is 20.8 Å². The van der Waals surface area contributed by atoms with E-state index in [4.69, 9.17) is 0 Å².